The maximum atomic E-state index is 10.7. The van der Waals surface area contributed by atoms with Crippen molar-refractivity contribution in [2.75, 3.05) is 0 Å². The molecule has 2 atom stereocenters. The van der Waals surface area contributed by atoms with E-state index in [9.17, 15) is 9.90 Å². The second kappa shape index (κ2) is 2.46. The van der Waals surface area contributed by atoms with Gasteiger partial charge in [0.1, 0.15) is 0 Å². The summed E-state index contributed by atoms with van der Waals surface area (Å²) in [5.41, 5.74) is -1.58. The lowest BCUT2D eigenvalue weighted by Gasteiger charge is -2.49. The Hall–Kier alpha value is -0.570. The Morgan fingerprint density at radius 1 is 1.58 bits per heavy atom. The Morgan fingerprint density at radius 3 is 2.17 bits per heavy atom. The van der Waals surface area contributed by atoms with Crippen LogP contribution >= 0.6 is 0 Å². The van der Waals surface area contributed by atoms with E-state index in [1.54, 1.807) is 0 Å². The molecule has 0 saturated heterocycles. The number of rotatable bonds is 2. The van der Waals surface area contributed by atoms with E-state index >= 15 is 0 Å². The number of hydrogen-bond acceptors (Lipinski definition) is 2. The highest BCUT2D eigenvalue weighted by atomic mass is 16.4. The molecule has 0 bridgehead atoms. The molecule has 1 aliphatic rings. The molecule has 0 amide bonds. The van der Waals surface area contributed by atoms with Crippen LogP contribution in [0.3, 0.4) is 0 Å². The third kappa shape index (κ3) is 1.22. The highest BCUT2D eigenvalue weighted by Crippen LogP contribution is 2.51. The fourth-order valence-corrected chi connectivity index (χ4v) is 2.06. The maximum absolute atomic E-state index is 10.7. The van der Waals surface area contributed by atoms with Gasteiger partial charge in [-0.25, -0.2) is 4.79 Å². The van der Waals surface area contributed by atoms with Crippen molar-refractivity contribution in [1.29, 1.82) is 0 Å². The molecular formula is C9H16O3. The second-order valence-electron chi connectivity index (χ2n) is 4.53. The van der Waals surface area contributed by atoms with Crippen LogP contribution in [0.25, 0.3) is 0 Å². The molecular weight excluding hydrogens is 156 g/mol. The van der Waals surface area contributed by atoms with E-state index in [0.29, 0.717) is 0 Å². The minimum atomic E-state index is -1.55. The van der Waals surface area contributed by atoms with Crippen LogP contribution in [0.1, 0.15) is 33.6 Å². The lowest BCUT2D eigenvalue weighted by atomic mass is 9.56. The molecule has 0 aromatic rings. The minimum absolute atomic E-state index is 0.0259. The molecule has 0 spiro atoms. The zero-order valence-corrected chi connectivity index (χ0v) is 7.79. The van der Waals surface area contributed by atoms with Gasteiger partial charge in [-0.1, -0.05) is 13.8 Å². The molecule has 0 aliphatic heterocycles. The molecule has 2 unspecified atom stereocenters. The fourth-order valence-electron chi connectivity index (χ4n) is 2.06. The standard InChI is InChI=1S/C9H16O3/c1-8(2)5-4-6(8)9(3,12)7(10)11/h6,12H,4-5H2,1-3H3,(H,10,11). The third-order valence-corrected chi connectivity index (χ3v) is 3.13. The summed E-state index contributed by atoms with van der Waals surface area (Å²) >= 11 is 0. The lowest BCUT2D eigenvalue weighted by molar-refractivity contribution is -0.177. The fraction of sp³-hybridized carbons (Fsp3) is 0.889. The molecule has 1 rings (SSSR count). The van der Waals surface area contributed by atoms with Gasteiger partial charge in [-0.2, -0.15) is 0 Å². The van der Waals surface area contributed by atoms with Gasteiger partial charge in [-0.3, -0.25) is 0 Å². The minimum Gasteiger partial charge on any atom is -0.479 e. The molecule has 70 valence electrons. The Balaban J connectivity index is 2.77. The van der Waals surface area contributed by atoms with E-state index in [1.807, 2.05) is 13.8 Å². The van der Waals surface area contributed by atoms with Crippen LogP contribution in [-0.2, 0) is 4.79 Å². The monoisotopic (exact) mass is 172 g/mol. The first-order valence-corrected chi connectivity index (χ1v) is 4.24. The molecule has 12 heavy (non-hydrogen) atoms. The highest BCUT2D eigenvalue weighted by molar-refractivity contribution is 5.77. The van der Waals surface area contributed by atoms with Crippen LogP contribution in [0.4, 0.5) is 0 Å². The van der Waals surface area contributed by atoms with Crippen LogP contribution in [0, 0.1) is 11.3 Å². The zero-order valence-electron chi connectivity index (χ0n) is 7.79. The topological polar surface area (TPSA) is 57.5 Å². The first-order chi connectivity index (χ1) is 5.28. The first-order valence-electron chi connectivity index (χ1n) is 4.24. The first kappa shape index (κ1) is 9.52. The second-order valence-corrected chi connectivity index (χ2v) is 4.53. The van der Waals surface area contributed by atoms with Crippen molar-refractivity contribution < 1.29 is 15.0 Å². The van der Waals surface area contributed by atoms with Crippen LogP contribution in [0.5, 0.6) is 0 Å². The van der Waals surface area contributed by atoms with E-state index in [2.05, 4.69) is 0 Å². The molecule has 3 nitrogen and oxygen atoms in total. The Bertz CT molecular complexity index is 206. The van der Waals surface area contributed by atoms with Crippen LogP contribution < -0.4 is 0 Å². The molecule has 1 saturated carbocycles. The van der Waals surface area contributed by atoms with Gasteiger partial charge in [0.05, 0.1) is 0 Å². The van der Waals surface area contributed by atoms with Crippen molar-refractivity contribution in [3.63, 3.8) is 0 Å². The number of carboxylic acids is 1. The summed E-state index contributed by atoms with van der Waals surface area (Å²) in [6.45, 7) is 5.39. The van der Waals surface area contributed by atoms with Gasteiger partial charge in [0.25, 0.3) is 0 Å². The predicted molar refractivity (Wildman–Crippen MR) is 44.8 cm³/mol. The van der Waals surface area contributed by atoms with Gasteiger partial charge in [0.15, 0.2) is 5.60 Å². The molecule has 1 aliphatic carbocycles. The predicted octanol–water partition coefficient (Wildman–Crippen LogP) is 1.26. The quantitative estimate of drug-likeness (QED) is 0.659. The smallest absolute Gasteiger partial charge is 0.335 e. The van der Waals surface area contributed by atoms with Crippen LogP contribution in [0.15, 0.2) is 0 Å². The van der Waals surface area contributed by atoms with E-state index < -0.39 is 11.6 Å². The van der Waals surface area contributed by atoms with E-state index in [-0.39, 0.29) is 11.3 Å². The van der Waals surface area contributed by atoms with Crippen LogP contribution in [0.2, 0.25) is 0 Å². The number of aliphatic carboxylic acids is 1. The average Bonchev–Trinajstić information content (AvgIpc) is 1.84. The zero-order chi connectivity index (χ0) is 9.57. The molecule has 0 aromatic heterocycles. The summed E-state index contributed by atoms with van der Waals surface area (Å²) in [5.74, 6) is -1.22. The lowest BCUT2D eigenvalue weighted by Crippen LogP contribution is -2.54. The van der Waals surface area contributed by atoms with Crippen molar-refractivity contribution in [1.82, 2.24) is 0 Å². The normalized spacial score (nSPS) is 31.8. The van der Waals surface area contributed by atoms with Crippen molar-refractivity contribution in [3.8, 4) is 0 Å². The van der Waals surface area contributed by atoms with Crippen molar-refractivity contribution >= 4 is 5.97 Å². The Labute approximate surface area is 72.4 Å². The largest absolute Gasteiger partial charge is 0.479 e. The summed E-state index contributed by atoms with van der Waals surface area (Å²) in [6, 6.07) is 0. The van der Waals surface area contributed by atoms with Gasteiger partial charge in [0, 0.05) is 5.92 Å². The van der Waals surface area contributed by atoms with Gasteiger partial charge in [-0.05, 0) is 25.2 Å². The average molecular weight is 172 g/mol. The van der Waals surface area contributed by atoms with Crippen LogP contribution in [-0.4, -0.2) is 21.8 Å². The van der Waals surface area contributed by atoms with Gasteiger partial charge >= 0.3 is 5.97 Å². The number of carbonyl (C=O) groups is 1. The molecule has 2 N–H and O–H groups in total. The molecule has 1 fully saturated rings. The number of carboxylic acid groups (broad SMARTS) is 1. The van der Waals surface area contributed by atoms with E-state index in [1.165, 1.54) is 6.92 Å². The van der Waals surface area contributed by atoms with Crippen molar-refractivity contribution in [2.45, 2.75) is 39.2 Å². The summed E-state index contributed by atoms with van der Waals surface area (Å²) in [7, 11) is 0. The SMILES string of the molecule is CC1(C)CCC1C(C)(O)C(=O)O. The number of aliphatic hydroxyl groups is 1. The summed E-state index contributed by atoms with van der Waals surface area (Å²) < 4.78 is 0. The van der Waals surface area contributed by atoms with Crippen molar-refractivity contribution in [3.05, 3.63) is 0 Å². The maximum Gasteiger partial charge on any atom is 0.335 e. The third-order valence-electron chi connectivity index (χ3n) is 3.13. The van der Waals surface area contributed by atoms with Gasteiger partial charge in [0.2, 0.25) is 0 Å². The molecule has 3 heteroatoms. The summed E-state index contributed by atoms with van der Waals surface area (Å²) in [5, 5.41) is 18.4. The van der Waals surface area contributed by atoms with E-state index in [4.69, 9.17) is 5.11 Å². The Kier molecular flexibility index (Phi) is 1.95. The van der Waals surface area contributed by atoms with Crippen molar-refractivity contribution in [2.24, 2.45) is 11.3 Å². The summed E-state index contributed by atoms with van der Waals surface area (Å²) in [4.78, 5) is 10.7. The van der Waals surface area contributed by atoms with Gasteiger partial charge in [-0.15, -0.1) is 0 Å². The molecule has 0 radical (unpaired) electrons. The number of hydrogen-bond donors (Lipinski definition) is 2. The van der Waals surface area contributed by atoms with E-state index in [0.717, 1.165) is 12.8 Å². The summed E-state index contributed by atoms with van der Waals surface area (Å²) in [6.07, 6.45) is 1.81. The highest BCUT2D eigenvalue weighted by Gasteiger charge is 2.52. The molecule has 0 aromatic carbocycles. The molecule has 0 heterocycles. The Morgan fingerprint density at radius 2 is 2.08 bits per heavy atom. The van der Waals surface area contributed by atoms with Gasteiger partial charge < -0.3 is 10.2 Å².